The number of benzene rings is 1. The molecule has 41 heavy (non-hydrogen) atoms. The van der Waals surface area contributed by atoms with Crippen LogP contribution >= 0.6 is 18.7 Å². The number of hydrogen-bond donors (Lipinski definition) is 1. The van der Waals surface area contributed by atoms with E-state index in [-0.39, 0.29) is 22.7 Å². The Kier molecular flexibility index (Phi) is 9.41. The topological polar surface area (TPSA) is 102 Å². The number of hydrogen-bond acceptors (Lipinski definition) is 7. The first kappa shape index (κ1) is 30.4. The number of carboxylic acids is 1. The molecule has 2 heterocycles. The van der Waals surface area contributed by atoms with Crippen LogP contribution in [0.4, 0.5) is 5.69 Å². The molecule has 1 amide bonds. The van der Waals surface area contributed by atoms with Crippen molar-refractivity contribution >= 4 is 36.3 Å². The van der Waals surface area contributed by atoms with Crippen LogP contribution in [0.25, 0.3) is 10.4 Å². The standard InChI is InChI=1S/C31H42NO7PS/c1-4-39-40(3,36)20-22-7-11-23(12-8-22)27-19-26(28(41-27)30(34)35)32(29(33)24-9-5-21(2)6-10-24)25-13-15-31(16-14-25)37-17-18-38-31/h7-8,11-12,19,21,24-25H,4-6,9-10,13-18,20H2,1-3H3,(H,34,35)/t21-,24-,40?. The normalized spacial score (nSPS) is 24.3. The Labute approximate surface area is 246 Å². The molecule has 2 saturated carbocycles. The Morgan fingerprint density at radius 2 is 1.71 bits per heavy atom. The van der Waals surface area contributed by atoms with Crippen LogP contribution in [0, 0.1) is 11.8 Å². The number of amides is 1. The molecule has 3 aliphatic rings. The smallest absolute Gasteiger partial charge is 0.348 e. The average molecular weight is 604 g/mol. The second kappa shape index (κ2) is 12.7. The van der Waals surface area contributed by atoms with Gasteiger partial charge in [-0.05, 0) is 68.6 Å². The summed E-state index contributed by atoms with van der Waals surface area (Å²) in [4.78, 5) is 29.6. The minimum atomic E-state index is -2.72. The zero-order valence-electron chi connectivity index (χ0n) is 24.3. The van der Waals surface area contributed by atoms with E-state index in [1.165, 1.54) is 11.3 Å². The van der Waals surface area contributed by atoms with E-state index >= 15 is 0 Å². The van der Waals surface area contributed by atoms with Gasteiger partial charge < -0.3 is 24.0 Å². The minimum Gasteiger partial charge on any atom is -0.477 e. The van der Waals surface area contributed by atoms with E-state index in [0.717, 1.165) is 41.7 Å². The molecule has 5 rings (SSSR count). The lowest BCUT2D eigenvalue weighted by atomic mass is 9.81. The Balaban J connectivity index is 1.45. The van der Waals surface area contributed by atoms with Crippen molar-refractivity contribution in [2.75, 3.05) is 31.4 Å². The number of thiophene rings is 1. The van der Waals surface area contributed by atoms with Crippen LogP contribution in [0.3, 0.4) is 0 Å². The van der Waals surface area contributed by atoms with Crippen molar-refractivity contribution in [1.29, 1.82) is 0 Å². The fourth-order valence-electron chi connectivity index (χ4n) is 6.57. The molecule has 10 heteroatoms. The zero-order valence-corrected chi connectivity index (χ0v) is 26.0. The molecule has 1 unspecified atom stereocenters. The first-order chi connectivity index (χ1) is 19.6. The highest BCUT2D eigenvalue weighted by Gasteiger charge is 2.44. The molecular weight excluding hydrogens is 561 g/mol. The van der Waals surface area contributed by atoms with Gasteiger partial charge in [0.15, 0.2) is 5.79 Å². The summed E-state index contributed by atoms with van der Waals surface area (Å²) in [6.45, 7) is 7.29. The molecule has 3 fully saturated rings. The second-order valence-electron chi connectivity index (χ2n) is 11.9. The fourth-order valence-corrected chi connectivity index (χ4v) is 9.07. The summed E-state index contributed by atoms with van der Waals surface area (Å²) < 4.78 is 29.9. The molecule has 1 saturated heterocycles. The SMILES string of the molecule is CCOP(C)(=O)Cc1ccc(-c2cc(N(C(=O)[C@H]3CC[C@H](C)CC3)C3CCC4(CC3)OCCO4)c(C(=O)O)s2)cc1. The molecule has 0 radical (unpaired) electrons. The number of carbonyl (C=O) groups excluding carboxylic acids is 1. The third-order valence-corrected chi connectivity index (χ3v) is 11.7. The number of nitrogens with zero attached hydrogens (tertiary/aromatic N) is 1. The summed E-state index contributed by atoms with van der Waals surface area (Å²) in [5, 5.41) is 10.3. The van der Waals surface area contributed by atoms with Crippen molar-refractivity contribution in [2.45, 2.75) is 83.2 Å². The van der Waals surface area contributed by atoms with Crippen LogP contribution in [0.1, 0.15) is 80.4 Å². The molecule has 1 N–H and O–H groups in total. The van der Waals surface area contributed by atoms with Gasteiger partial charge >= 0.3 is 5.97 Å². The summed E-state index contributed by atoms with van der Waals surface area (Å²) in [7, 11) is -2.72. The molecule has 1 atom stereocenters. The van der Waals surface area contributed by atoms with Gasteiger partial charge in [-0.1, -0.05) is 31.2 Å². The summed E-state index contributed by atoms with van der Waals surface area (Å²) >= 11 is 1.20. The lowest BCUT2D eigenvalue weighted by Crippen LogP contribution is -2.49. The van der Waals surface area contributed by atoms with Gasteiger partial charge in [0.2, 0.25) is 13.3 Å². The highest BCUT2D eigenvalue weighted by atomic mass is 32.1. The van der Waals surface area contributed by atoms with E-state index < -0.39 is 19.1 Å². The summed E-state index contributed by atoms with van der Waals surface area (Å²) in [6, 6.07) is 9.45. The average Bonchev–Trinajstić information content (AvgIpc) is 3.58. The molecule has 1 aliphatic heterocycles. The number of carboxylic acid groups (broad SMARTS) is 1. The van der Waals surface area contributed by atoms with Crippen LogP contribution in [-0.2, 0) is 29.5 Å². The van der Waals surface area contributed by atoms with Crippen LogP contribution < -0.4 is 4.90 Å². The summed E-state index contributed by atoms with van der Waals surface area (Å²) in [6.07, 6.45) is 6.82. The zero-order chi connectivity index (χ0) is 29.2. The number of ether oxygens (including phenoxy) is 2. The molecule has 224 valence electrons. The van der Waals surface area contributed by atoms with Crippen LogP contribution in [0.2, 0.25) is 0 Å². The predicted molar refractivity (Wildman–Crippen MR) is 161 cm³/mol. The summed E-state index contributed by atoms with van der Waals surface area (Å²) in [5.41, 5.74) is 2.26. The molecule has 8 nitrogen and oxygen atoms in total. The van der Waals surface area contributed by atoms with Gasteiger partial charge in [-0.15, -0.1) is 11.3 Å². The van der Waals surface area contributed by atoms with Crippen molar-refractivity contribution in [1.82, 2.24) is 0 Å². The van der Waals surface area contributed by atoms with E-state index in [4.69, 9.17) is 14.0 Å². The Morgan fingerprint density at radius 1 is 1.07 bits per heavy atom. The first-order valence-electron chi connectivity index (χ1n) is 14.9. The molecule has 0 bridgehead atoms. The van der Waals surface area contributed by atoms with Crippen LogP contribution in [-0.4, -0.2) is 55.3 Å². The number of carbonyl (C=O) groups is 2. The Hall–Kier alpha value is -2.03. The van der Waals surface area contributed by atoms with Crippen LogP contribution in [0.15, 0.2) is 30.3 Å². The fraction of sp³-hybridized carbons (Fsp3) is 0.613. The van der Waals surface area contributed by atoms with E-state index in [0.29, 0.717) is 63.3 Å². The Bertz CT molecular complexity index is 1270. The van der Waals surface area contributed by atoms with Crippen LogP contribution in [0.5, 0.6) is 0 Å². The van der Waals surface area contributed by atoms with Gasteiger partial charge in [0, 0.05) is 42.5 Å². The van der Waals surface area contributed by atoms with Crippen molar-refractivity contribution in [3.8, 4) is 10.4 Å². The number of aromatic carboxylic acids is 1. The quantitative estimate of drug-likeness (QED) is 0.298. The Morgan fingerprint density at radius 3 is 2.29 bits per heavy atom. The maximum atomic E-state index is 14.2. The first-order valence-corrected chi connectivity index (χ1v) is 18.0. The van der Waals surface area contributed by atoms with Gasteiger partial charge in [-0.25, -0.2) is 4.79 Å². The van der Waals surface area contributed by atoms with Gasteiger partial charge in [0.1, 0.15) is 4.88 Å². The lowest BCUT2D eigenvalue weighted by molar-refractivity contribution is -0.179. The maximum Gasteiger partial charge on any atom is 0.348 e. The van der Waals surface area contributed by atoms with Crippen molar-refractivity contribution in [3.05, 3.63) is 40.8 Å². The monoisotopic (exact) mass is 603 g/mol. The van der Waals surface area contributed by atoms with E-state index in [2.05, 4.69) is 6.92 Å². The van der Waals surface area contributed by atoms with Crippen molar-refractivity contribution < 1.29 is 33.3 Å². The van der Waals surface area contributed by atoms with Gasteiger partial charge in [-0.2, -0.15) is 0 Å². The molecule has 1 aromatic carbocycles. The second-order valence-corrected chi connectivity index (χ2v) is 15.6. The van der Waals surface area contributed by atoms with Gasteiger partial charge in [0.25, 0.3) is 0 Å². The highest BCUT2D eigenvalue weighted by molar-refractivity contribution is 7.57. The number of rotatable bonds is 9. The molecule has 2 aliphatic carbocycles. The predicted octanol–water partition coefficient (Wildman–Crippen LogP) is 7.40. The lowest BCUT2D eigenvalue weighted by Gasteiger charge is -2.42. The molecule has 2 aromatic rings. The minimum absolute atomic E-state index is 0.0444. The van der Waals surface area contributed by atoms with Crippen molar-refractivity contribution in [2.24, 2.45) is 11.8 Å². The highest BCUT2D eigenvalue weighted by Crippen LogP contribution is 2.47. The van der Waals surface area contributed by atoms with E-state index in [9.17, 15) is 19.3 Å². The van der Waals surface area contributed by atoms with Gasteiger partial charge in [-0.3, -0.25) is 9.36 Å². The van der Waals surface area contributed by atoms with Crippen molar-refractivity contribution in [3.63, 3.8) is 0 Å². The largest absolute Gasteiger partial charge is 0.477 e. The summed E-state index contributed by atoms with van der Waals surface area (Å²) in [5.74, 6) is -1.03. The van der Waals surface area contributed by atoms with Gasteiger partial charge in [0.05, 0.1) is 25.5 Å². The third-order valence-electron chi connectivity index (χ3n) is 8.77. The molecule has 1 aromatic heterocycles. The van der Waals surface area contributed by atoms with E-state index in [1.807, 2.05) is 42.2 Å². The molecular formula is C31H42NO7PS. The van der Waals surface area contributed by atoms with E-state index in [1.54, 1.807) is 6.66 Å². The third kappa shape index (κ3) is 6.97. The molecule has 1 spiro atoms. The maximum absolute atomic E-state index is 14.2. The number of anilines is 1.